The summed E-state index contributed by atoms with van der Waals surface area (Å²) in [6.07, 6.45) is 6.60. The Bertz CT molecular complexity index is 1210. The standard InChI is InChI=1S/C22H19N5O/c1-27-13-19(12-25-27)15-3-5-17-11-24-21(10-18(17)8-15)26-22(28)16-4-2-14-6-7-23-20(14)9-16/h2-5,8-13,23H,6-7H2,1H3,(H,24,26,28). The predicted octanol–water partition coefficient (Wildman–Crippen LogP) is 3.86. The Labute approximate surface area is 162 Å². The van der Waals surface area contributed by atoms with E-state index in [2.05, 4.69) is 32.8 Å². The number of fused-ring (bicyclic) bond motifs is 2. The van der Waals surface area contributed by atoms with Crippen LogP contribution in [0.5, 0.6) is 0 Å². The van der Waals surface area contributed by atoms with Crippen LogP contribution in [0.15, 0.2) is 61.1 Å². The number of hydrogen-bond acceptors (Lipinski definition) is 4. The van der Waals surface area contributed by atoms with Crippen molar-refractivity contribution in [1.29, 1.82) is 0 Å². The van der Waals surface area contributed by atoms with Crippen LogP contribution in [0, 0.1) is 0 Å². The van der Waals surface area contributed by atoms with Crippen LogP contribution in [0.25, 0.3) is 21.9 Å². The van der Waals surface area contributed by atoms with Crippen molar-refractivity contribution in [3.63, 3.8) is 0 Å². The van der Waals surface area contributed by atoms with E-state index in [1.54, 1.807) is 10.9 Å². The molecule has 0 bridgehead atoms. The van der Waals surface area contributed by atoms with Gasteiger partial charge in [-0.15, -0.1) is 0 Å². The topological polar surface area (TPSA) is 71.8 Å². The molecule has 0 saturated heterocycles. The predicted molar refractivity (Wildman–Crippen MR) is 111 cm³/mol. The molecular weight excluding hydrogens is 350 g/mol. The Balaban J connectivity index is 1.43. The van der Waals surface area contributed by atoms with E-state index in [4.69, 9.17) is 0 Å². The molecule has 5 rings (SSSR count). The van der Waals surface area contributed by atoms with Gasteiger partial charge in [0.05, 0.1) is 6.20 Å². The lowest BCUT2D eigenvalue weighted by atomic mass is 10.0. The van der Waals surface area contributed by atoms with Gasteiger partial charge in [-0.05, 0) is 47.2 Å². The maximum atomic E-state index is 12.7. The van der Waals surface area contributed by atoms with Crippen LogP contribution >= 0.6 is 0 Å². The van der Waals surface area contributed by atoms with Crippen LogP contribution in [-0.4, -0.2) is 27.2 Å². The largest absolute Gasteiger partial charge is 0.384 e. The molecule has 138 valence electrons. The summed E-state index contributed by atoms with van der Waals surface area (Å²) >= 11 is 0. The van der Waals surface area contributed by atoms with Crippen LogP contribution in [0.2, 0.25) is 0 Å². The minimum atomic E-state index is -0.160. The third-order valence-corrected chi connectivity index (χ3v) is 5.08. The summed E-state index contributed by atoms with van der Waals surface area (Å²) in [5.74, 6) is 0.376. The van der Waals surface area contributed by atoms with Gasteiger partial charge < -0.3 is 10.6 Å². The summed E-state index contributed by atoms with van der Waals surface area (Å²) in [6, 6.07) is 13.8. The quantitative estimate of drug-likeness (QED) is 0.575. The zero-order valence-corrected chi connectivity index (χ0v) is 15.4. The number of carbonyl (C=O) groups is 1. The second-order valence-corrected chi connectivity index (χ2v) is 7.04. The molecule has 4 aromatic rings. The van der Waals surface area contributed by atoms with Crippen molar-refractivity contribution < 1.29 is 4.79 Å². The van der Waals surface area contributed by atoms with Crippen molar-refractivity contribution in [2.24, 2.45) is 7.05 Å². The van der Waals surface area contributed by atoms with Gasteiger partial charge in [0.1, 0.15) is 5.82 Å². The van der Waals surface area contributed by atoms with Gasteiger partial charge in [-0.1, -0.05) is 18.2 Å². The van der Waals surface area contributed by atoms with E-state index < -0.39 is 0 Å². The molecule has 0 atom stereocenters. The molecule has 0 saturated carbocycles. The molecule has 0 fully saturated rings. The number of carbonyl (C=O) groups excluding carboxylic acids is 1. The molecule has 0 spiro atoms. The Kier molecular flexibility index (Phi) is 3.83. The number of nitrogens with one attached hydrogen (secondary N) is 2. The number of rotatable bonds is 3. The molecule has 0 unspecified atom stereocenters. The number of pyridine rings is 1. The van der Waals surface area contributed by atoms with Crippen LogP contribution in [0.3, 0.4) is 0 Å². The fraction of sp³-hybridized carbons (Fsp3) is 0.136. The number of hydrogen-bond donors (Lipinski definition) is 2. The normalized spacial score (nSPS) is 12.6. The summed E-state index contributed by atoms with van der Waals surface area (Å²) in [5, 5.41) is 12.5. The van der Waals surface area contributed by atoms with E-state index in [0.717, 1.165) is 40.6 Å². The maximum Gasteiger partial charge on any atom is 0.256 e. The van der Waals surface area contributed by atoms with Crippen molar-refractivity contribution in [3.05, 3.63) is 72.2 Å². The minimum Gasteiger partial charge on any atom is -0.384 e. The second kappa shape index (κ2) is 6.49. The molecule has 1 amide bonds. The van der Waals surface area contributed by atoms with Gasteiger partial charge in [0.2, 0.25) is 0 Å². The summed E-state index contributed by atoms with van der Waals surface area (Å²) < 4.78 is 1.78. The van der Waals surface area contributed by atoms with Gasteiger partial charge in [-0.25, -0.2) is 4.98 Å². The lowest BCUT2D eigenvalue weighted by molar-refractivity contribution is 0.102. The molecule has 1 aliphatic heterocycles. The van der Waals surface area contributed by atoms with Crippen LogP contribution in [0.4, 0.5) is 11.5 Å². The summed E-state index contributed by atoms with van der Waals surface area (Å²) in [4.78, 5) is 17.0. The van der Waals surface area contributed by atoms with Crippen molar-refractivity contribution in [1.82, 2.24) is 14.8 Å². The van der Waals surface area contributed by atoms with Crippen molar-refractivity contribution in [2.45, 2.75) is 6.42 Å². The van der Waals surface area contributed by atoms with E-state index in [1.807, 2.05) is 49.8 Å². The SMILES string of the molecule is Cn1cc(-c2ccc3cnc(NC(=O)c4ccc5c(c4)NCC5)cc3c2)cn1. The molecule has 6 nitrogen and oxygen atoms in total. The molecular formula is C22H19N5O. The lowest BCUT2D eigenvalue weighted by Crippen LogP contribution is -2.13. The zero-order valence-electron chi connectivity index (χ0n) is 15.4. The molecule has 2 aromatic carbocycles. The summed E-state index contributed by atoms with van der Waals surface area (Å²) in [5.41, 5.74) is 5.05. The monoisotopic (exact) mass is 369 g/mol. The number of aryl methyl sites for hydroxylation is 1. The average Bonchev–Trinajstić information content (AvgIpc) is 3.35. The van der Waals surface area contributed by atoms with E-state index in [-0.39, 0.29) is 5.91 Å². The maximum absolute atomic E-state index is 12.7. The lowest BCUT2D eigenvalue weighted by Gasteiger charge is -2.08. The van der Waals surface area contributed by atoms with Gasteiger partial charge in [-0.3, -0.25) is 9.48 Å². The number of anilines is 2. The fourth-order valence-electron chi connectivity index (χ4n) is 3.58. The van der Waals surface area contributed by atoms with Gasteiger partial charge in [0.15, 0.2) is 0 Å². The number of amides is 1. The van der Waals surface area contributed by atoms with Gasteiger partial charge in [0.25, 0.3) is 5.91 Å². The first-order valence-electron chi connectivity index (χ1n) is 9.23. The van der Waals surface area contributed by atoms with E-state index >= 15 is 0 Å². The van der Waals surface area contributed by atoms with E-state index in [1.165, 1.54) is 5.56 Å². The molecule has 1 aliphatic rings. The first-order chi connectivity index (χ1) is 13.7. The van der Waals surface area contributed by atoms with Crippen LogP contribution in [-0.2, 0) is 13.5 Å². The Morgan fingerprint density at radius 3 is 2.86 bits per heavy atom. The summed E-state index contributed by atoms with van der Waals surface area (Å²) in [6.45, 7) is 0.923. The van der Waals surface area contributed by atoms with Crippen LogP contribution in [0.1, 0.15) is 15.9 Å². The average molecular weight is 369 g/mol. The van der Waals surface area contributed by atoms with Gasteiger partial charge in [-0.2, -0.15) is 5.10 Å². The molecule has 0 radical (unpaired) electrons. The van der Waals surface area contributed by atoms with Gasteiger partial charge in [0, 0.05) is 48.2 Å². The first-order valence-corrected chi connectivity index (χ1v) is 9.23. The Morgan fingerprint density at radius 1 is 1.07 bits per heavy atom. The third-order valence-electron chi connectivity index (χ3n) is 5.08. The van der Waals surface area contributed by atoms with E-state index in [9.17, 15) is 4.79 Å². The minimum absolute atomic E-state index is 0.160. The zero-order chi connectivity index (χ0) is 19.1. The molecule has 2 aromatic heterocycles. The molecule has 2 N–H and O–H groups in total. The fourth-order valence-corrected chi connectivity index (χ4v) is 3.58. The van der Waals surface area contributed by atoms with Crippen molar-refractivity contribution in [3.8, 4) is 11.1 Å². The second-order valence-electron chi connectivity index (χ2n) is 7.04. The first kappa shape index (κ1) is 16.5. The van der Waals surface area contributed by atoms with Crippen LogP contribution < -0.4 is 10.6 Å². The Morgan fingerprint density at radius 2 is 2.00 bits per heavy atom. The van der Waals surface area contributed by atoms with E-state index in [0.29, 0.717) is 11.4 Å². The smallest absolute Gasteiger partial charge is 0.256 e. The molecule has 6 heteroatoms. The highest BCUT2D eigenvalue weighted by Gasteiger charge is 2.14. The molecule has 0 aliphatic carbocycles. The number of nitrogens with zero attached hydrogens (tertiary/aromatic N) is 3. The van der Waals surface area contributed by atoms with Crippen molar-refractivity contribution >= 4 is 28.2 Å². The summed E-state index contributed by atoms with van der Waals surface area (Å²) in [7, 11) is 1.90. The highest BCUT2D eigenvalue weighted by Crippen LogP contribution is 2.26. The number of benzene rings is 2. The van der Waals surface area contributed by atoms with Crippen molar-refractivity contribution in [2.75, 3.05) is 17.2 Å². The molecule has 3 heterocycles. The highest BCUT2D eigenvalue weighted by atomic mass is 16.1. The highest BCUT2D eigenvalue weighted by molar-refractivity contribution is 6.05. The Hall–Kier alpha value is -3.67. The number of aromatic nitrogens is 3. The van der Waals surface area contributed by atoms with Gasteiger partial charge >= 0.3 is 0 Å². The molecule has 28 heavy (non-hydrogen) atoms. The third kappa shape index (κ3) is 2.99.